The first-order valence-corrected chi connectivity index (χ1v) is 9.17. The van der Waals surface area contributed by atoms with E-state index in [4.69, 9.17) is 7.57 Å². The van der Waals surface area contributed by atoms with Crippen LogP contribution in [0.2, 0.25) is 0 Å². The van der Waals surface area contributed by atoms with Crippen molar-refractivity contribution in [3.8, 4) is 5.75 Å². The normalized spacial score (nSPS) is 18.9. The summed E-state index contributed by atoms with van der Waals surface area (Å²) >= 11 is 0. The van der Waals surface area contributed by atoms with Gasteiger partial charge in [0.1, 0.15) is 0 Å². The molecule has 1 N–H and O–H groups in total. The Balaban J connectivity index is 2.15. The molecule has 3 rings (SSSR count). The Kier molecular flexibility index (Phi) is 3.85. The minimum atomic E-state index is -2.01. The fourth-order valence-electron chi connectivity index (χ4n) is 3.31. The first-order valence-electron chi connectivity index (χ1n) is 7.24. The Morgan fingerprint density at radius 1 is 0.900 bits per heavy atom. The average molecular weight is 281 g/mol. The van der Waals surface area contributed by atoms with Crippen LogP contribution >= 0.6 is 7.14 Å². The van der Waals surface area contributed by atoms with Gasteiger partial charge in [-0.3, -0.25) is 7.57 Å². The molecule has 0 aliphatic heterocycles. The van der Waals surface area contributed by atoms with E-state index in [1.54, 1.807) is 6.07 Å². The van der Waals surface area contributed by atoms with Crippen molar-refractivity contribution >= 4 is 25.3 Å². The standard InChI is InChI=1S/C17H18BOP/c18-20(15-10-4-5-11-15,14-8-2-1-3-9-14)17-13-7-6-12-16(17)19/h1-3,6-9,12-13,15H,4-5,10-11H2/q-1/p+1. The van der Waals surface area contributed by atoms with Crippen molar-refractivity contribution in [2.24, 2.45) is 0 Å². The third kappa shape index (κ3) is 2.27. The molecular formula is C17H19BOP. The molecule has 1 fully saturated rings. The van der Waals surface area contributed by atoms with E-state index in [2.05, 4.69) is 12.1 Å². The van der Waals surface area contributed by atoms with Gasteiger partial charge in [-0.25, -0.2) is 0 Å². The van der Waals surface area contributed by atoms with Gasteiger partial charge in [0.15, 0.2) is 5.75 Å². The minimum Gasteiger partial charge on any atom is -0.504 e. The summed E-state index contributed by atoms with van der Waals surface area (Å²) in [7, 11) is 4.99. The summed E-state index contributed by atoms with van der Waals surface area (Å²) in [5.41, 5.74) is 0.498. The van der Waals surface area contributed by atoms with Gasteiger partial charge in [0, 0.05) is 11.0 Å². The SMILES string of the molecule is [B-][P+](c1ccccc1)(c1ccccc1O)C1CCCC1. The summed E-state index contributed by atoms with van der Waals surface area (Å²) in [5, 5.41) is 12.5. The van der Waals surface area contributed by atoms with E-state index in [0.717, 1.165) is 5.30 Å². The van der Waals surface area contributed by atoms with Gasteiger partial charge in [0.25, 0.3) is 0 Å². The van der Waals surface area contributed by atoms with Crippen LogP contribution in [0, 0.1) is 0 Å². The molecule has 1 unspecified atom stereocenters. The molecule has 2 aromatic rings. The Morgan fingerprint density at radius 3 is 2.15 bits per heavy atom. The lowest BCUT2D eigenvalue weighted by atomic mass is 10.3. The van der Waals surface area contributed by atoms with Gasteiger partial charge in [0.2, 0.25) is 0 Å². The lowest BCUT2D eigenvalue weighted by Gasteiger charge is -2.42. The number of hydrogen-bond donors (Lipinski definition) is 1. The molecule has 1 saturated carbocycles. The Labute approximate surface area is 122 Å². The number of para-hydroxylation sites is 1. The zero-order chi connectivity index (χ0) is 14.0. The Hall–Kier alpha value is -1.27. The average Bonchev–Trinajstić information content (AvgIpc) is 3.03. The van der Waals surface area contributed by atoms with E-state index >= 15 is 0 Å². The van der Waals surface area contributed by atoms with Crippen LogP contribution in [0.3, 0.4) is 0 Å². The molecule has 0 aromatic heterocycles. The van der Waals surface area contributed by atoms with Crippen LogP contribution in [0.25, 0.3) is 0 Å². The second kappa shape index (κ2) is 5.62. The maximum atomic E-state index is 10.3. The van der Waals surface area contributed by atoms with Gasteiger partial charge in [-0.15, -0.1) is 0 Å². The lowest BCUT2D eigenvalue weighted by molar-refractivity contribution is 0.479. The predicted molar refractivity (Wildman–Crippen MR) is 88.7 cm³/mol. The number of phenols is 1. The zero-order valence-corrected chi connectivity index (χ0v) is 12.5. The van der Waals surface area contributed by atoms with Crippen molar-refractivity contribution in [3.05, 3.63) is 54.6 Å². The quantitative estimate of drug-likeness (QED) is 0.675. The molecule has 0 amide bonds. The van der Waals surface area contributed by atoms with E-state index in [9.17, 15) is 5.11 Å². The summed E-state index contributed by atoms with van der Waals surface area (Å²) in [4.78, 5) is 0. The summed E-state index contributed by atoms with van der Waals surface area (Å²) < 4.78 is 0. The third-order valence-corrected chi connectivity index (χ3v) is 8.36. The van der Waals surface area contributed by atoms with Gasteiger partial charge in [-0.1, -0.05) is 30.3 Å². The molecule has 1 aliphatic carbocycles. The van der Waals surface area contributed by atoms with Gasteiger partial charge >= 0.3 is 0 Å². The molecule has 3 radical (unpaired) electrons. The molecule has 1 atom stereocenters. The topological polar surface area (TPSA) is 20.2 Å². The summed E-state index contributed by atoms with van der Waals surface area (Å²) in [5.74, 6) is 0.346. The third-order valence-electron chi connectivity index (χ3n) is 4.36. The van der Waals surface area contributed by atoms with Crippen molar-refractivity contribution in [1.29, 1.82) is 0 Å². The highest BCUT2D eigenvalue weighted by Crippen LogP contribution is 2.62. The highest BCUT2D eigenvalue weighted by atomic mass is 31.2. The fourth-order valence-corrected chi connectivity index (χ4v) is 7.03. The van der Waals surface area contributed by atoms with Crippen molar-refractivity contribution in [3.63, 3.8) is 0 Å². The molecule has 20 heavy (non-hydrogen) atoms. The van der Waals surface area contributed by atoms with E-state index < -0.39 is 7.14 Å². The van der Waals surface area contributed by atoms with Gasteiger partial charge in [-0.05, 0) is 49.9 Å². The van der Waals surface area contributed by atoms with E-state index in [0.29, 0.717) is 11.4 Å². The van der Waals surface area contributed by atoms with E-state index in [-0.39, 0.29) is 0 Å². The van der Waals surface area contributed by atoms with Crippen LogP contribution < -0.4 is 10.6 Å². The molecule has 0 spiro atoms. The maximum absolute atomic E-state index is 10.3. The lowest BCUT2D eigenvalue weighted by Crippen LogP contribution is -2.30. The number of rotatable bonds is 3. The van der Waals surface area contributed by atoms with Crippen LogP contribution in [0.1, 0.15) is 25.7 Å². The van der Waals surface area contributed by atoms with Crippen molar-refractivity contribution < 1.29 is 5.11 Å². The first-order chi connectivity index (χ1) is 9.73. The zero-order valence-electron chi connectivity index (χ0n) is 11.6. The summed E-state index contributed by atoms with van der Waals surface area (Å²) in [6, 6.07) is 18.0. The number of phenolic OH excluding ortho intramolecular Hbond substituents is 1. The van der Waals surface area contributed by atoms with Crippen molar-refractivity contribution in [2.45, 2.75) is 31.3 Å². The van der Waals surface area contributed by atoms with Gasteiger partial charge in [-0.2, -0.15) is 7.14 Å². The van der Waals surface area contributed by atoms with Crippen LogP contribution in [-0.2, 0) is 0 Å². The molecule has 2 aromatic carbocycles. The Morgan fingerprint density at radius 2 is 1.50 bits per heavy atom. The molecule has 0 heterocycles. The number of benzene rings is 2. The molecule has 1 nitrogen and oxygen atoms in total. The van der Waals surface area contributed by atoms with E-state index in [1.165, 1.54) is 31.0 Å². The molecule has 0 bridgehead atoms. The second-order valence-electron chi connectivity index (χ2n) is 5.54. The Bertz CT molecular complexity index is 581. The van der Waals surface area contributed by atoms with Crippen molar-refractivity contribution in [1.82, 2.24) is 0 Å². The minimum absolute atomic E-state index is 0.346. The second-order valence-corrected chi connectivity index (χ2v) is 8.82. The highest BCUT2D eigenvalue weighted by molar-refractivity contribution is 8.09. The number of hydrogen-bond acceptors (Lipinski definition) is 1. The monoisotopic (exact) mass is 281 g/mol. The molecule has 101 valence electrons. The largest absolute Gasteiger partial charge is 0.504 e. The van der Waals surface area contributed by atoms with Crippen LogP contribution in [-0.4, -0.2) is 18.3 Å². The first kappa shape index (κ1) is 13.7. The number of aromatic hydroxyl groups is 1. The maximum Gasteiger partial charge on any atom is 0.153 e. The summed E-state index contributed by atoms with van der Waals surface area (Å²) in [6.07, 6.45) is 4.86. The molecule has 1 aliphatic rings. The molecule has 0 saturated heterocycles. The molecular weight excluding hydrogens is 262 g/mol. The predicted octanol–water partition coefficient (Wildman–Crippen LogP) is 3.39. The molecule has 3 heteroatoms. The van der Waals surface area contributed by atoms with Gasteiger partial charge < -0.3 is 5.11 Å². The van der Waals surface area contributed by atoms with Crippen LogP contribution in [0.4, 0.5) is 0 Å². The summed E-state index contributed by atoms with van der Waals surface area (Å²) in [6.45, 7) is 0. The fraction of sp³-hybridized carbons (Fsp3) is 0.294. The van der Waals surface area contributed by atoms with Crippen LogP contribution in [0.15, 0.2) is 54.6 Å². The highest BCUT2D eigenvalue weighted by Gasteiger charge is 2.37. The van der Waals surface area contributed by atoms with Crippen LogP contribution in [0.5, 0.6) is 5.75 Å². The van der Waals surface area contributed by atoms with E-state index in [1.807, 2.05) is 36.4 Å². The van der Waals surface area contributed by atoms with Crippen molar-refractivity contribution in [2.75, 3.05) is 0 Å². The smallest absolute Gasteiger partial charge is 0.153 e. The van der Waals surface area contributed by atoms with Gasteiger partial charge in [0.05, 0.1) is 5.30 Å².